The first-order chi connectivity index (χ1) is 17.3. The summed E-state index contributed by atoms with van der Waals surface area (Å²) in [6.45, 7) is 6.29. The largest absolute Gasteiger partial charge is 0.484 e. The summed E-state index contributed by atoms with van der Waals surface area (Å²) in [6, 6.07) is 19.8. The van der Waals surface area contributed by atoms with Crippen LogP contribution < -0.4 is 10.1 Å². The Labute approximate surface area is 223 Å². The summed E-state index contributed by atoms with van der Waals surface area (Å²) >= 11 is 12.9. The van der Waals surface area contributed by atoms with Crippen LogP contribution in [0.25, 0.3) is 0 Å². The minimum absolute atomic E-state index is 0.0740. The fourth-order valence-electron chi connectivity index (χ4n) is 4.02. The van der Waals surface area contributed by atoms with Crippen LogP contribution >= 0.6 is 23.2 Å². The van der Waals surface area contributed by atoms with Gasteiger partial charge in [0.15, 0.2) is 6.61 Å². The standard InChI is InChI=1S/C29H32Cl2N2O3/c1-4-13-32-29(35)27(17-22-9-6-5-7-10-22)33(18-24-25(30)11-8-12-26(24)31)28(34)19-36-23-15-20(2)14-21(3)16-23/h5-12,14-16,27H,4,13,17-19H2,1-3H3,(H,32,35). The monoisotopic (exact) mass is 526 g/mol. The average molecular weight is 527 g/mol. The van der Waals surface area contributed by atoms with E-state index in [0.29, 0.717) is 34.3 Å². The van der Waals surface area contributed by atoms with Gasteiger partial charge in [-0.25, -0.2) is 0 Å². The highest BCUT2D eigenvalue weighted by Crippen LogP contribution is 2.27. The molecule has 36 heavy (non-hydrogen) atoms. The molecule has 3 aromatic carbocycles. The van der Waals surface area contributed by atoms with Gasteiger partial charge in [-0.2, -0.15) is 0 Å². The fourth-order valence-corrected chi connectivity index (χ4v) is 4.53. The summed E-state index contributed by atoms with van der Waals surface area (Å²) in [5, 5.41) is 3.82. The number of nitrogens with one attached hydrogen (secondary N) is 1. The van der Waals surface area contributed by atoms with Crippen LogP contribution in [0, 0.1) is 13.8 Å². The third-order valence-electron chi connectivity index (χ3n) is 5.77. The lowest BCUT2D eigenvalue weighted by Gasteiger charge is -2.32. The lowest BCUT2D eigenvalue weighted by molar-refractivity contribution is -0.142. The molecule has 0 saturated heterocycles. The summed E-state index contributed by atoms with van der Waals surface area (Å²) in [5.74, 6) is 0.0352. The van der Waals surface area contributed by atoms with Crippen molar-refractivity contribution in [1.82, 2.24) is 10.2 Å². The molecule has 0 aliphatic rings. The van der Waals surface area contributed by atoms with Crippen LogP contribution in [-0.2, 0) is 22.6 Å². The molecule has 0 saturated carbocycles. The van der Waals surface area contributed by atoms with Crippen molar-refractivity contribution in [2.75, 3.05) is 13.2 Å². The number of rotatable bonds is 11. The molecule has 1 unspecified atom stereocenters. The van der Waals surface area contributed by atoms with E-state index < -0.39 is 6.04 Å². The van der Waals surface area contributed by atoms with E-state index in [1.807, 2.05) is 69.3 Å². The van der Waals surface area contributed by atoms with Crippen LogP contribution in [0.5, 0.6) is 5.75 Å². The van der Waals surface area contributed by atoms with Crippen molar-refractivity contribution in [1.29, 1.82) is 0 Å². The van der Waals surface area contributed by atoms with E-state index in [9.17, 15) is 9.59 Å². The molecule has 190 valence electrons. The normalized spacial score (nSPS) is 11.6. The van der Waals surface area contributed by atoms with Crippen molar-refractivity contribution in [2.24, 2.45) is 0 Å². The molecule has 0 aliphatic heterocycles. The van der Waals surface area contributed by atoms with E-state index in [-0.39, 0.29) is 25.0 Å². The smallest absolute Gasteiger partial charge is 0.261 e. The molecule has 0 radical (unpaired) electrons. The minimum atomic E-state index is -0.776. The predicted molar refractivity (Wildman–Crippen MR) is 146 cm³/mol. The van der Waals surface area contributed by atoms with Gasteiger partial charge >= 0.3 is 0 Å². The zero-order chi connectivity index (χ0) is 26.1. The first kappa shape index (κ1) is 27.6. The highest BCUT2D eigenvalue weighted by molar-refractivity contribution is 6.36. The van der Waals surface area contributed by atoms with Gasteiger partial charge in [-0.15, -0.1) is 0 Å². The molecular formula is C29H32Cl2N2O3. The van der Waals surface area contributed by atoms with E-state index in [4.69, 9.17) is 27.9 Å². The third kappa shape index (κ3) is 7.74. The molecule has 0 spiro atoms. The van der Waals surface area contributed by atoms with Crippen LogP contribution in [0.3, 0.4) is 0 Å². The topological polar surface area (TPSA) is 58.6 Å². The molecule has 0 heterocycles. The molecule has 5 nitrogen and oxygen atoms in total. The van der Waals surface area contributed by atoms with Gasteiger partial charge in [0.25, 0.3) is 5.91 Å². The lowest BCUT2D eigenvalue weighted by Crippen LogP contribution is -2.51. The van der Waals surface area contributed by atoms with E-state index >= 15 is 0 Å². The van der Waals surface area contributed by atoms with Gasteiger partial charge in [-0.05, 0) is 61.2 Å². The molecule has 0 aliphatic carbocycles. The Morgan fingerprint density at radius 1 is 0.944 bits per heavy atom. The summed E-state index contributed by atoms with van der Waals surface area (Å²) in [6.07, 6.45) is 1.12. The highest BCUT2D eigenvalue weighted by atomic mass is 35.5. The van der Waals surface area contributed by atoms with Gasteiger partial charge in [0.1, 0.15) is 11.8 Å². The number of aryl methyl sites for hydroxylation is 2. The van der Waals surface area contributed by atoms with Gasteiger partial charge in [0.05, 0.1) is 0 Å². The summed E-state index contributed by atoms with van der Waals surface area (Å²) < 4.78 is 5.88. The Morgan fingerprint density at radius 2 is 1.58 bits per heavy atom. The quantitative estimate of drug-likeness (QED) is 0.325. The molecule has 0 bridgehead atoms. The molecule has 3 aromatic rings. The van der Waals surface area contributed by atoms with Crippen LogP contribution in [0.4, 0.5) is 0 Å². The van der Waals surface area contributed by atoms with Gasteiger partial charge in [0, 0.05) is 35.1 Å². The molecule has 1 N–H and O–H groups in total. The van der Waals surface area contributed by atoms with Crippen molar-refractivity contribution in [3.63, 3.8) is 0 Å². The number of carbonyl (C=O) groups excluding carboxylic acids is 2. The zero-order valence-electron chi connectivity index (χ0n) is 20.9. The first-order valence-corrected chi connectivity index (χ1v) is 12.8. The van der Waals surface area contributed by atoms with E-state index in [2.05, 4.69) is 5.32 Å². The number of carbonyl (C=O) groups is 2. The SMILES string of the molecule is CCCNC(=O)C(Cc1ccccc1)N(Cc1c(Cl)cccc1Cl)C(=O)COc1cc(C)cc(C)c1. The molecule has 3 rings (SSSR count). The third-order valence-corrected chi connectivity index (χ3v) is 6.48. The first-order valence-electron chi connectivity index (χ1n) is 12.0. The Bertz CT molecular complexity index is 1140. The van der Waals surface area contributed by atoms with Crippen LogP contribution in [0.1, 0.15) is 35.6 Å². The maximum atomic E-state index is 13.7. The second-order valence-electron chi connectivity index (χ2n) is 8.83. The summed E-state index contributed by atoms with van der Waals surface area (Å²) in [4.78, 5) is 28.5. The molecule has 7 heteroatoms. The Morgan fingerprint density at radius 3 is 2.19 bits per heavy atom. The molecule has 0 fully saturated rings. The zero-order valence-corrected chi connectivity index (χ0v) is 22.4. The number of hydrogen-bond acceptors (Lipinski definition) is 3. The fraction of sp³-hybridized carbons (Fsp3) is 0.310. The summed E-state index contributed by atoms with van der Waals surface area (Å²) in [5.41, 5.74) is 3.60. The number of ether oxygens (including phenoxy) is 1. The highest BCUT2D eigenvalue weighted by Gasteiger charge is 2.31. The second kappa shape index (κ2) is 13.3. The van der Waals surface area contributed by atoms with Gasteiger partial charge in [-0.1, -0.05) is 72.6 Å². The maximum Gasteiger partial charge on any atom is 0.261 e. The van der Waals surface area contributed by atoms with Crippen molar-refractivity contribution < 1.29 is 14.3 Å². The average Bonchev–Trinajstić information content (AvgIpc) is 2.85. The van der Waals surface area contributed by atoms with Crippen LogP contribution in [0.15, 0.2) is 66.7 Å². The molecule has 2 amide bonds. The van der Waals surface area contributed by atoms with Crippen molar-refractivity contribution in [2.45, 2.75) is 46.2 Å². The van der Waals surface area contributed by atoms with Crippen LogP contribution in [0.2, 0.25) is 10.0 Å². The number of hydrogen-bond donors (Lipinski definition) is 1. The van der Waals surface area contributed by atoms with E-state index in [1.54, 1.807) is 18.2 Å². The van der Waals surface area contributed by atoms with Gasteiger partial charge in [0.2, 0.25) is 5.91 Å². The Hall–Kier alpha value is -3.02. The lowest BCUT2D eigenvalue weighted by atomic mass is 10.0. The van der Waals surface area contributed by atoms with Gasteiger partial charge in [-0.3, -0.25) is 9.59 Å². The summed E-state index contributed by atoms with van der Waals surface area (Å²) in [7, 11) is 0. The van der Waals surface area contributed by atoms with E-state index in [1.165, 1.54) is 4.90 Å². The Kier molecular flexibility index (Phi) is 10.2. The number of nitrogens with zero attached hydrogens (tertiary/aromatic N) is 1. The minimum Gasteiger partial charge on any atom is -0.484 e. The van der Waals surface area contributed by atoms with Crippen molar-refractivity contribution in [3.8, 4) is 5.75 Å². The van der Waals surface area contributed by atoms with Crippen LogP contribution in [-0.4, -0.2) is 35.9 Å². The van der Waals surface area contributed by atoms with Crippen molar-refractivity contribution in [3.05, 3.63) is 99.0 Å². The molecular weight excluding hydrogens is 495 g/mol. The Balaban J connectivity index is 1.95. The predicted octanol–water partition coefficient (Wildman–Crippen LogP) is 6.16. The maximum absolute atomic E-state index is 13.7. The molecule has 0 aromatic heterocycles. The van der Waals surface area contributed by atoms with Gasteiger partial charge < -0.3 is 15.0 Å². The second-order valence-corrected chi connectivity index (χ2v) is 9.64. The number of benzene rings is 3. The van der Waals surface area contributed by atoms with E-state index in [0.717, 1.165) is 23.1 Å². The number of amides is 2. The number of halogens is 2. The van der Waals surface area contributed by atoms with Crippen molar-refractivity contribution >= 4 is 35.0 Å². The molecule has 1 atom stereocenters.